The number of carbonyl (C=O) groups is 2. The van der Waals surface area contributed by atoms with Crippen LogP contribution in [0.1, 0.15) is 48.8 Å². The van der Waals surface area contributed by atoms with Gasteiger partial charge in [0, 0.05) is 35.5 Å². The van der Waals surface area contributed by atoms with Crippen LogP contribution in [0.3, 0.4) is 0 Å². The third-order valence-corrected chi connectivity index (χ3v) is 11.6. The van der Waals surface area contributed by atoms with Crippen molar-refractivity contribution in [3.8, 4) is 5.75 Å². The van der Waals surface area contributed by atoms with Crippen LogP contribution in [0.25, 0.3) is 15.9 Å². The maximum Gasteiger partial charge on any atom is 0.355 e. The van der Waals surface area contributed by atoms with Gasteiger partial charge in [-0.25, -0.2) is 14.8 Å². The summed E-state index contributed by atoms with van der Waals surface area (Å²) in [4.78, 5) is 44.3. The minimum Gasteiger partial charge on any atom is -0.494 e. The predicted molar refractivity (Wildman–Crippen MR) is 193 cm³/mol. The number of ether oxygens (including phenoxy) is 1. The fourth-order valence-corrected chi connectivity index (χ4v) is 9.09. The molecule has 3 aromatic carbocycles. The number of rotatable bonds is 10. The number of carboxylic acid groups (broad SMARTS) is 1. The number of nitrogens with one attached hydrogen (secondary N) is 1. The number of amidine groups is 1. The number of nitrogens with zero attached hydrogens (tertiary/aromatic N) is 5. The smallest absolute Gasteiger partial charge is 0.355 e. The number of amides is 1. The van der Waals surface area contributed by atoms with Crippen LogP contribution in [0, 0.1) is 0 Å². The van der Waals surface area contributed by atoms with Crippen LogP contribution in [0.4, 0.5) is 10.3 Å². The van der Waals surface area contributed by atoms with Gasteiger partial charge in [-0.2, -0.15) is 0 Å². The number of aromatic nitrogens is 2. The number of anilines is 2. The van der Waals surface area contributed by atoms with Crippen molar-refractivity contribution >= 4 is 77.7 Å². The molecule has 0 saturated carbocycles. The number of thioether (sulfide) groups is 1. The van der Waals surface area contributed by atoms with Crippen molar-refractivity contribution in [2.45, 2.75) is 25.8 Å². The van der Waals surface area contributed by atoms with Crippen molar-refractivity contribution in [3.05, 3.63) is 105 Å². The standard InChI is InChI=1S/C35H30N6O4S3/c42-31(39-33-37-26-7-1-2-8-28(26)47-33)24-6-3-5-21-14-16-40(19-25(21)24)35-38-30(32(43)44)29(48-35)9-4-18-45-23-12-10-22(11-13-23)27-20-46-34-36-15-17-41(27)34/h1-3,5-8,10-13,20H,4,9,14-19H2,(H,43,44)(H,37,39,42). The lowest BCUT2D eigenvalue weighted by Crippen LogP contribution is -2.32. The number of thiazole rings is 2. The van der Waals surface area contributed by atoms with Crippen LogP contribution in [0.2, 0.25) is 0 Å². The van der Waals surface area contributed by atoms with Gasteiger partial charge in [0.05, 0.1) is 29.1 Å². The molecule has 242 valence electrons. The number of hydrogen-bond acceptors (Lipinski definition) is 11. The summed E-state index contributed by atoms with van der Waals surface area (Å²) < 4.78 is 7.02. The number of carboxylic acids is 1. The number of aryl methyl sites for hydroxylation is 1. The molecule has 8 rings (SSSR count). The molecule has 0 spiro atoms. The Kier molecular flexibility index (Phi) is 8.33. The first-order chi connectivity index (χ1) is 23.5. The molecule has 0 saturated heterocycles. The van der Waals surface area contributed by atoms with E-state index in [9.17, 15) is 14.7 Å². The average Bonchev–Trinajstić information content (AvgIpc) is 3.90. The lowest BCUT2D eigenvalue weighted by atomic mass is 9.94. The van der Waals surface area contributed by atoms with Gasteiger partial charge >= 0.3 is 5.97 Å². The van der Waals surface area contributed by atoms with Crippen molar-refractivity contribution in [1.82, 2.24) is 14.9 Å². The molecule has 0 atom stereocenters. The highest BCUT2D eigenvalue weighted by atomic mass is 32.2. The molecule has 0 bridgehead atoms. The van der Waals surface area contributed by atoms with Gasteiger partial charge in [-0.15, -0.1) is 11.3 Å². The molecule has 5 heterocycles. The molecule has 2 aromatic heterocycles. The summed E-state index contributed by atoms with van der Waals surface area (Å²) in [5.74, 6) is -0.472. The number of para-hydroxylation sites is 1. The van der Waals surface area contributed by atoms with Gasteiger partial charge in [0.15, 0.2) is 21.1 Å². The molecular formula is C35H30N6O4S3. The first kappa shape index (κ1) is 30.6. The van der Waals surface area contributed by atoms with Crippen LogP contribution < -0.4 is 15.0 Å². The van der Waals surface area contributed by atoms with E-state index in [4.69, 9.17) is 4.74 Å². The third kappa shape index (κ3) is 6.04. The maximum atomic E-state index is 13.4. The first-order valence-electron chi connectivity index (χ1n) is 15.7. The lowest BCUT2D eigenvalue weighted by Gasteiger charge is -2.29. The van der Waals surface area contributed by atoms with Gasteiger partial charge in [0.2, 0.25) is 0 Å². The maximum absolute atomic E-state index is 13.4. The van der Waals surface area contributed by atoms with Crippen LogP contribution in [0.5, 0.6) is 5.75 Å². The van der Waals surface area contributed by atoms with Crippen molar-refractivity contribution in [3.63, 3.8) is 0 Å². The van der Waals surface area contributed by atoms with E-state index in [0.29, 0.717) is 48.4 Å². The Balaban J connectivity index is 0.910. The van der Waals surface area contributed by atoms with Crippen molar-refractivity contribution in [2.75, 3.05) is 36.5 Å². The summed E-state index contributed by atoms with van der Waals surface area (Å²) in [5.41, 5.74) is 5.86. The molecule has 0 radical (unpaired) electrons. The molecule has 0 aliphatic carbocycles. The predicted octanol–water partition coefficient (Wildman–Crippen LogP) is 6.99. The Morgan fingerprint density at radius 3 is 2.71 bits per heavy atom. The second kappa shape index (κ2) is 13.1. The number of aromatic carboxylic acids is 1. The van der Waals surface area contributed by atoms with Crippen molar-refractivity contribution < 1.29 is 19.4 Å². The number of carbonyl (C=O) groups excluding carboxylic acids is 1. The number of hydrogen-bond donors (Lipinski definition) is 2. The van der Waals surface area contributed by atoms with Crippen LogP contribution in [0.15, 0.2) is 77.1 Å². The molecule has 48 heavy (non-hydrogen) atoms. The Bertz CT molecular complexity index is 2070. The summed E-state index contributed by atoms with van der Waals surface area (Å²) in [5, 5.41) is 17.4. The highest BCUT2D eigenvalue weighted by Crippen LogP contribution is 2.36. The third-order valence-electron chi connectivity index (χ3n) is 8.53. The van der Waals surface area contributed by atoms with Crippen LogP contribution in [-0.2, 0) is 19.4 Å². The van der Waals surface area contributed by atoms with E-state index in [-0.39, 0.29) is 11.6 Å². The highest BCUT2D eigenvalue weighted by Gasteiger charge is 2.28. The van der Waals surface area contributed by atoms with Gasteiger partial charge in [-0.3, -0.25) is 15.1 Å². The van der Waals surface area contributed by atoms with E-state index in [1.54, 1.807) is 11.8 Å². The average molecular weight is 695 g/mol. The molecule has 3 aliphatic heterocycles. The molecule has 0 fully saturated rings. The van der Waals surface area contributed by atoms with Crippen molar-refractivity contribution in [1.29, 1.82) is 0 Å². The zero-order valence-corrected chi connectivity index (χ0v) is 28.2. The Morgan fingerprint density at radius 2 is 1.85 bits per heavy atom. The molecule has 10 nitrogen and oxygen atoms in total. The Labute approximate surface area is 288 Å². The van der Waals surface area contributed by atoms with Gasteiger partial charge in [-0.05, 0) is 78.4 Å². The second-order valence-corrected chi connectivity index (χ2v) is 14.5. The second-order valence-electron chi connectivity index (χ2n) is 11.5. The van der Waals surface area contributed by atoms with Crippen molar-refractivity contribution in [2.24, 2.45) is 4.99 Å². The monoisotopic (exact) mass is 694 g/mol. The summed E-state index contributed by atoms with van der Waals surface area (Å²) >= 11 is 4.51. The molecule has 13 heteroatoms. The Hall–Kier alpha value is -4.72. The number of benzene rings is 3. The number of fused-ring (bicyclic) bond motifs is 3. The molecule has 5 aromatic rings. The van der Waals surface area contributed by atoms with Gasteiger partial charge < -0.3 is 19.6 Å². The van der Waals surface area contributed by atoms with Gasteiger partial charge in [0.25, 0.3) is 5.91 Å². The summed E-state index contributed by atoms with van der Waals surface area (Å²) in [6.07, 6.45) is 1.92. The van der Waals surface area contributed by atoms with Gasteiger partial charge in [0.1, 0.15) is 5.75 Å². The summed E-state index contributed by atoms with van der Waals surface area (Å²) in [6.45, 7) is 3.36. The van der Waals surface area contributed by atoms with Crippen LogP contribution >= 0.6 is 34.4 Å². The first-order valence-corrected chi connectivity index (χ1v) is 18.2. The fraction of sp³-hybridized carbons (Fsp3) is 0.229. The van der Waals surface area contributed by atoms with E-state index >= 15 is 0 Å². The van der Waals surface area contributed by atoms with E-state index in [1.807, 2.05) is 54.6 Å². The molecule has 1 amide bonds. The fourth-order valence-electron chi connectivity index (χ4n) is 6.15. The van der Waals surface area contributed by atoms with Gasteiger partial charge in [-0.1, -0.05) is 47.4 Å². The Morgan fingerprint density at radius 1 is 0.979 bits per heavy atom. The SMILES string of the molecule is O=C(Nc1nc2ccccc2s1)c1cccc2c1CN(c1nc(C(=O)O)c(CCCOc3ccc(C4=CSC5=NCCN45)cc3)s1)CC2. The molecule has 0 unspecified atom stereocenters. The largest absolute Gasteiger partial charge is 0.494 e. The minimum absolute atomic E-state index is 0.0829. The normalized spacial score (nSPS) is 15.2. The highest BCUT2D eigenvalue weighted by molar-refractivity contribution is 8.16. The van der Waals surface area contributed by atoms with Crippen LogP contribution in [-0.4, -0.2) is 63.3 Å². The quantitative estimate of drug-likeness (QED) is 0.149. The van der Waals surface area contributed by atoms with E-state index in [2.05, 4.69) is 47.6 Å². The van der Waals surface area contributed by atoms with E-state index in [1.165, 1.54) is 28.4 Å². The van der Waals surface area contributed by atoms with E-state index < -0.39 is 5.97 Å². The zero-order chi connectivity index (χ0) is 32.6. The number of aliphatic imine (C=N–C) groups is 1. The lowest BCUT2D eigenvalue weighted by molar-refractivity contribution is 0.0690. The molecule has 2 N–H and O–H groups in total. The summed E-state index contributed by atoms with van der Waals surface area (Å²) in [6, 6.07) is 21.7. The van der Waals surface area contributed by atoms with E-state index in [0.717, 1.165) is 62.2 Å². The topological polar surface area (TPSA) is 120 Å². The minimum atomic E-state index is -1.04. The summed E-state index contributed by atoms with van der Waals surface area (Å²) in [7, 11) is 0. The zero-order valence-electron chi connectivity index (χ0n) is 25.7. The molecular weight excluding hydrogens is 665 g/mol. The molecule has 3 aliphatic rings.